The Morgan fingerprint density at radius 1 is 1.10 bits per heavy atom. The number of nitro benzene ring substituents is 1. The van der Waals surface area contributed by atoms with Gasteiger partial charge in [-0.3, -0.25) is 19.2 Å². The third kappa shape index (κ3) is 6.59. The van der Waals surface area contributed by atoms with Crippen LogP contribution in [0.15, 0.2) is 76.7 Å². The van der Waals surface area contributed by atoms with E-state index in [4.69, 9.17) is 4.74 Å². The number of benzene rings is 3. The second-order valence-electron chi connectivity index (χ2n) is 9.01. The van der Waals surface area contributed by atoms with Crippen molar-refractivity contribution in [3.63, 3.8) is 0 Å². The zero-order valence-electron chi connectivity index (χ0n) is 21.6. The van der Waals surface area contributed by atoms with Crippen molar-refractivity contribution < 1.29 is 22.9 Å². The van der Waals surface area contributed by atoms with Crippen molar-refractivity contribution in [3.8, 4) is 0 Å². The van der Waals surface area contributed by atoms with Crippen molar-refractivity contribution in [1.82, 2.24) is 5.43 Å². The fraction of sp³-hybridized carbons (Fsp3) is 0.259. The average molecular weight is 552 g/mol. The Balaban J connectivity index is 1.60. The number of aryl methyl sites for hydroxylation is 2. The molecule has 0 radical (unpaired) electrons. The molecule has 1 aliphatic rings. The number of rotatable bonds is 9. The first-order valence-electron chi connectivity index (χ1n) is 12.2. The number of hydrazone groups is 1. The van der Waals surface area contributed by atoms with E-state index >= 15 is 0 Å². The molecule has 12 heteroatoms. The summed E-state index contributed by atoms with van der Waals surface area (Å²) in [4.78, 5) is 25.9. The number of anilines is 2. The topological polar surface area (TPSA) is 134 Å². The second-order valence-corrected chi connectivity index (χ2v) is 10.9. The van der Waals surface area contributed by atoms with Gasteiger partial charge in [0.05, 0.1) is 34.9 Å². The molecule has 3 aromatic rings. The Morgan fingerprint density at radius 3 is 2.51 bits per heavy atom. The highest BCUT2D eigenvalue weighted by Crippen LogP contribution is 2.28. The summed E-state index contributed by atoms with van der Waals surface area (Å²) in [5.41, 5.74) is 5.32. The molecule has 3 aromatic carbocycles. The SMILES string of the molecule is Cc1ccc(C)c(N(CC(=O)N/N=C/c2cc([N+](=O)[O-])ccc2N2CCOCC2)S(=O)(=O)c2ccccc2)c1. The number of morpholine rings is 1. The smallest absolute Gasteiger partial charge is 0.270 e. The van der Waals surface area contributed by atoms with Gasteiger partial charge in [-0.25, -0.2) is 13.8 Å². The maximum atomic E-state index is 13.6. The van der Waals surface area contributed by atoms with Crippen molar-refractivity contribution in [2.75, 3.05) is 42.1 Å². The van der Waals surface area contributed by atoms with Gasteiger partial charge < -0.3 is 9.64 Å². The van der Waals surface area contributed by atoms with Crippen LogP contribution >= 0.6 is 0 Å². The summed E-state index contributed by atoms with van der Waals surface area (Å²) in [5, 5.41) is 15.3. The van der Waals surface area contributed by atoms with Gasteiger partial charge in [-0.2, -0.15) is 5.10 Å². The molecule has 0 aliphatic carbocycles. The molecular formula is C27H29N5O6S. The lowest BCUT2D eigenvalue weighted by Gasteiger charge is -2.29. The lowest BCUT2D eigenvalue weighted by atomic mass is 10.1. The van der Waals surface area contributed by atoms with E-state index in [-0.39, 0.29) is 10.6 Å². The van der Waals surface area contributed by atoms with Gasteiger partial charge in [0.2, 0.25) is 0 Å². The molecule has 0 unspecified atom stereocenters. The highest BCUT2D eigenvalue weighted by atomic mass is 32.2. The van der Waals surface area contributed by atoms with Gasteiger partial charge in [-0.15, -0.1) is 0 Å². The van der Waals surface area contributed by atoms with Crippen LogP contribution in [-0.4, -0.2) is 58.3 Å². The van der Waals surface area contributed by atoms with E-state index in [1.54, 1.807) is 43.3 Å². The molecule has 204 valence electrons. The fourth-order valence-corrected chi connectivity index (χ4v) is 5.70. The van der Waals surface area contributed by atoms with Crippen LogP contribution < -0.4 is 14.6 Å². The van der Waals surface area contributed by atoms with E-state index < -0.39 is 27.4 Å². The Bertz CT molecular complexity index is 1490. The summed E-state index contributed by atoms with van der Waals surface area (Å²) in [6.07, 6.45) is 1.32. The summed E-state index contributed by atoms with van der Waals surface area (Å²) in [6, 6.07) is 17.7. The highest BCUT2D eigenvalue weighted by molar-refractivity contribution is 7.92. The molecule has 0 spiro atoms. The maximum absolute atomic E-state index is 13.6. The number of hydrogen-bond donors (Lipinski definition) is 1. The second kappa shape index (κ2) is 12.0. The quantitative estimate of drug-likeness (QED) is 0.245. The molecule has 1 fully saturated rings. The third-order valence-corrected chi connectivity index (χ3v) is 7.99. The monoisotopic (exact) mass is 551 g/mol. The van der Waals surface area contributed by atoms with Crippen molar-refractivity contribution in [2.24, 2.45) is 5.10 Å². The van der Waals surface area contributed by atoms with Gasteiger partial charge in [0, 0.05) is 36.5 Å². The Labute approximate surface area is 226 Å². The molecule has 0 bridgehead atoms. The summed E-state index contributed by atoms with van der Waals surface area (Å²) in [7, 11) is -4.07. The van der Waals surface area contributed by atoms with Crippen LogP contribution in [0.25, 0.3) is 0 Å². The Kier molecular flexibility index (Phi) is 8.57. The zero-order valence-corrected chi connectivity index (χ0v) is 22.4. The van der Waals surface area contributed by atoms with Crippen molar-refractivity contribution in [1.29, 1.82) is 0 Å². The average Bonchev–Trinajstić information content (AvgIpc) is 2.94. The number of non-ortho nitro benzene ring substituents is 1. The highest BCUT2D eigenvalue weighted by Gasteiger charge is 2.28. The predicted molar refractivity (Wildman–Crippen MR) is 149 cm³/mol. The largest absolute Gasteiger partial charge is 0.378 e. The lowest BCUT2D eigenvalue weighted by molar-refractivity contribution is -0.384. The number of sulfonamides is 1. The molecule has 1 saturated heterocycles. The molecule has 0 atom stereocenters. The van der Waals surface area contributed by atoms with Gasteiger partial charge in [0.25, 0.3) is 21.6 Å². The van der Waals surface area contributed by atoms with E-state index in [2.05, 4.69) is 10.5 Å². The summed E-state index contributed by atoms with van der Waals surface area (Å²) < 4.78 is 33.6. The molecule has 11 nitrogen and oxygen atoms in total. The molecule has 39 heavy (non-hydrogen) atoms. The van der Waals surface area contributed by atoms with Crippen molar-refractivity contribution >= 4 is 39.2 Å². The van der Waals surface area contributed by atoms with Crippen LogP contribution in [0.2, 0.25) is 0 Å². The molecule has 1 N–H and O–H groups in total. The van der Waals surface area contributed by atoms with E-state index in [1.165, 1.54) is 30.5 Å². The summed E-state index contributed by atoms with van der Waals surface area (Å²) >= 11 is 0. The van der Waals surface area contributed by atoms with Crippen molar-refractivity contribution in [2.45, 2.75) is 18.7 Å². The number of nitro groups is 1. The van der Waals surface area contributed by atoms with Gasteiger partial charge in [0.15, 0.2) is 0 Å². The summed E-state index contributed by atoms with van der Waals surface area (Å²) in [5.74, 6) is -0.676. The van der Waals surface area contributed by atoms with Gasteiger partial charge in [-0.1, -0.05) is 30.3 Å². The number of nitrogens with one attached hydrogen (secondary N) is 1. The molecule has 0 saturated carbocycles. The van der Waals surface area contributed by atoms with E-state index in [0.29, 0.717) is 48.8 Å². The van der Waals surface area contributed by atoms with Crippen LogP contribution in [0.3, 0.4) is 0 Å². The minimum Gasteiger partial charge on any atom is -0.378 e. The van der Waals surface area contributed by atoms with Crippen LogP contribution in [-0.2, 0) is 19.6 Å². The van der Waals surface area contributed by atoms with Crippen LogP contribution in [0.5, 0.6) is 0 Å². The number of hydrogen-bond acceptors (Lipinski definition) is 8. The molecular weight excluding hydrogens is 522 g/mol. The minimum atomic E-state index is -4.07. The molecule has 4 rings (SSSR count). The predicted octanol–water partition coefficient (Wildman–Crippen LogP) is 3.39. The third-order valence-electron chi connectivity index (χ3n) is 6.22. The maximum Gasteiger partial charge on any atom is 0.270 e. The molecule has 0 aromatic heterocycles. The first-order valence-corrected chi connectivity index (χ1v) is 13.7. The van der Waals surface area contributed by atoms with E-state index in [1.807, 2.05) is 17.9 Å². The summed E-state index contributed by atoms with van der Waals surface area (Å²) in [6.45, 7) is 5.34. The molecule has 1 heterocycles. The minimum absolute atomic E-state index is 0.0500. The molecule has 1 amide bonds. The van der Waals surface area contributed by atoms with Gasteiger partial charge in [0.1, 0.15) is 6.54 Å². The number of nitrogens with zero attached hydrogens (tertiary/aromatic N) is 4. The van der Waals surface area contributed by atoms with Crippen LogP contribution in [0, 0.1) is 24.0 Å². The normalized spacial score (nSPS) is 13.8. The Hall–Kier alpha value is -4.29. The van der Waals surface area contributed by atoms with Gasteiger partial charge >= 0.3 is 0 Å². The Morgan fingerprint density at radius 2 is 1.82 bits per heavy atom. The molecule has 1 aliphatic heterocycles. The fourth-order valence-electron chi connectivity index (χ4n) is 4.20. The van der Waals surface area contributed by atoms with Gasteiger partial charge in [-0.05, 0) is 49.2 Å². The number of amides is 1. The number of carbonyl (C=O) groups is 1. The zero-order chi connectivity index (χ0) is 28.0. The first kappa shape index (κ1) is 27.7. The lowest BCUT2D eigenvalue weighted by Crippen LogP contribution is -2.40. The first-order chi connectivity index (χ1) is 18.7. The standard InChI is InChI=1S/C27H29N5O6S/c1-20-8-9-21(2)26(16-20)31(39(36,37)24-6-4-3-5-7-24)19-27(33)29-28-18-22-17-23(32(34)35)10-11-25(22)30-12-14-38-15-13-30/h3-11,16-18H,12-15,19H2,1-2H3,(H,29,33)/b28-18+. The van der Waals surface area contributed by atoms with Crippen LogP contribution in [0.4, 0.5) is 17.1 Å². The van der Waals surface area contributed by atoms with E-state index in [9.17, 15) is 23.3 Å². The number of carbonyl (C=O) groups excluding carboxylic acids is 1. The van der Waals surface area contributed by atoms with E-state index in [0.717, 1.165) is 9.87 Å². The number of ether oxygens (including phenoxy) is 1. The van der Waals surface area contributed by atoms with Crippen molar-refractivity contribution in [3.05, 3.63) is 93.5 Å². The van der Waals surface area contributed by atoms with Crippen LogP contribution in [0.1, 0.15) is 16.7 Å².